The first kappa shape index (κ1) is 20.1. The van der Waals surface area contributed by atoms with Gasteiger partial charge in [-0.25, -0.2) is 4.57 Å². The monoisotopic (exact) mass is 392 g/mol. The third-order valence-corrected chi connectivity index (χ3v) is 6.19. The highest BCUT2D eigenvalue weighted by atomic mass is 14.9. The Bertz CT molecular complexity index is 1250. The first-order chi connectivity index (χ1) is 14.4. The second-order valence-electron chi connectivity index (χ2n) is 8.48. The van der Waals surface area contributed by atoms with E-state index in [4.69, 9.17) is 0 Å². The Morgan fingerprint density at radius 1 is 0.533 bits per heavy atom. The first-order valence-corrected chi connectivity index (χ1v) is 10.6. The molecule has 0 amide bonds. The van der Waals surface area contributed by atoms with E-state index in [0.29, 0.717) is 0 Å². The fourth-order valence-electron chi connectivity index (χ4n) is 4.54. The molecule has 0 aliphatic heterocycles. The van der Waals surface area contributed by atoms with E-state index in [0.717, 1.165) is 0 Å². The molecule has 1 nitrogen and oxygen atoms in total. The fraction of sp³-hybridized carbons (Fsp3) is 0.207. The highest BCUT2D eigenvalue weighted by Crippen LogP contribution is 2.35. The number of benzene rings is 3. The summed E-state index contributed by atoms with van der Waals surface area (Å²) >= 11 is 0. The van der Waals surface area contributed by atoms with Crippen LogP contribution >= 0.6 is 0 Å². The average Bonchev–Trinajstić information content (AvgIpc) is 2.70. The van der Waals surface area contributed by atoms with Crippen molar-refractivity contribution in [2.75, 3.05) is 0 Å². The second-order valence-corrected chi connectivity index (χ2v) is 8.48. The molecule has 0 unspecified atom stereocenters. The van der Waals surface area contributed by atoms with Crippen molar-refractivity contribution in [3.05, 3.63) is 101 Å². The molecule has 0 atom stereocenters. The van der Waals surface area contributed by atoms with Crippen molar-refractivity contribution in [3.8, 4) is 33.5 Å². The van der Waals surface area contributed by atoms with E-state index in [1.807, 2.05) is 0 Å². The highest BCUT2D eigenvalue weighted by molar-refractivity contribution is 5.80. The Morgan fingerprint density at radius 2 is 1.20 bits per heavy atom. The van der Waals surface area contributed by atoms with E-state index in [1.54, 1.807) is 0 Å². The van der Waals surface area contributed by atoms with Gasteiger partial charge in [0.05, 0.1) is 0 Å². The van der Waals surface area contributed by atoms with Gasteiger partial charge < -0.3 is 0 Å². The fourth-order valence-corrected chi connectivity index (χ4v) is 4.54. The summed E-state index contributed by atoms with van der Waals surface area (Å²) in [6.45, 7) is 11.0. The lowest BCUT2D eigenvalue weighted by Crippen LogP contribution is -2.31. The van der Waals surface area contributed by atoms with Gasteiger partial charge in [0.2, 0.25) is 5.69 Å². The molecule has 0 fully saturated rings. The van der Waals surface area contributed by atoms with Crippen LogP contribution < -0.4 is 4.57 Å². The molecule has 1 heteroatoms. The van der Waals surface area contributed by atoms with Crippen molar-refractivity contribution in [3.63, 3.8) is 0 Å². The third kappa shape index (κ3) is 3.57. The Kier molecular flexibility index (Phi) is 5.30. The molecular weight excluding hydrogens is 362 g/mol. The summed E-state index contributed by atoms with van der Waals surface area (Å²) in [5.41, 5.74) is 14.3. The van der Waals surface area contributed by atoms with Crippen LogP contribution in [0, 0.1) is 34.6 Å². The zero-order valence-electron chi connectivity index (χ0n) is 18.9. The zero-order valence-corrected chi connectivity index (χ0v) is 18.9. The Labute approximate surface area is 180 Å². The lowest BCUT2D eigenvalue weighted by molar-refractivity contribution is -0.660. The predicted octanol–water partition coefficient (Wildman–Crippen LogP) is 7.05. The summed E-state index contributed by atoms with van der Waals surface area (Å²) in [6.07, 6.45) is 2.25. The van der Waals surface area contributed by atoms with Gasteiger partial charge in [0.1, 0.15) is 7.05 Å². The maximum Gasteiger partial charge on any atom is 0.213 e. The number of hydrogen-bond acceptors (Lipinski definition) is 0. The molecule has 0 aliphatic rings. The molecule has 0 saturated carbocycles. The SMILES string of the molecule is Cc1ccc(-c2cccc(-c3cc(-c4ccccc4C)c(C)c[n+]3C)c2C)c(C)c1. The molecule has 0 bridgehead atoms. The van der Waals surface area contributed by atoms with Gasteiger partial charge in [0.15, 0.2) is 6.20 Å². The number of aryl methyl sites for hydroxylation is 5. The van der Waals surface area contributed by atoms with E-state index in [-0.39, 0.29) is 0 Å². The van der Waals surface area contributed by atoms with Gasteiger partial charge in [-0.15, -0.1) is 0 Å². The molecule has 150 valence electrons. The predicted molar refractivity (Wildman–Crippen MR) is 128 cm³/mol. The van der Waals surface area contributed by atoms with Crippen LogP contribution in [0.15, 0.2) is 72.9 Å². The van der Waals surface area contributed by atoms with Crippen molar-refractivity contribution in [2.24, 2.45) is 7.05 Å². The molecular formula is C29H30N+. The second kappa shape index (κ2) is 7.91. The topological polar surface area (TPSA) is 3.88 Å². The summed E-state index contributed by atoms with van der Waals surface area (Å²) in [7, 11) is 2.15. The quantitative estimate of drug-likeness (QED) is 0.329. The van der Waals surface area contributed by atoms with E-state index in [1.165, 1.54) is 61.3 Å². The van der Waals surface area contributed by atoms with Crippen molar-refractivity contribution in [2.45, 2.75) is 34.6 Å². The summed E-state index contributed by atoms with van der Waals surface area (Å²) in [5.74, 6) is 0. The van der Waals surface area contributed by atoms with Crippen LogP contribution in [-0.2, 0) is 7.05 Å². The molecule has 0 saturated heterocycles. The molecule has 3 aromatic carbocycles. The normalized spacial score (nSPS) is 11.0. The summed E-state index contributed by atoms with van der Waals surface area (Å²) in [4.78, 5) is 0. The van der Waals surface area contributed by atoms with Gasteiger partial charge in [-0.2, -0.15) is 0 Å². The molecule has 0 radical (unpaired) electrons. The van der Waals surface area contributed by atoms with Crippen LogP contribution in [0.4, 0.5) is 0 Å². The van der Waals surface area contributed by atoms with Crippen LogP contribution in [-0.4, -0.2) is 0 Å². The number of aromatic nitrogens is 1. The summed E-state index contributed by atoms with van der Waals surface area (Å²) < 4.78 is 2.26. The summed E-state index contributed by atoms with van der Waals surface area (Å²) in [5, 5.41) is 0. The van der Waals surface area contributed by atoms with Crippen molar-refractivity contribution >= 4 is 0 Å². The zero-order chi connectivity index (χ0) is 21.4. The average molecular weight is 393 g/mol. The minimum atomic E-state index is 1.24. The molecule has 4 aromatic rings. The van der Waals surface area contributed by atoms with Crippen LogP contribution in [0.2, 0.25) is 0 Å². The van der Waals surface area contributed by atoms with E-state index >= 15 is 0 Å². The summed E-state index contributed by atoms with van der Waals surface area (Å²) in [6, 6.07) is 24.4. The molecule has 30 heavy (non-hydrogen) atoms. The Balaban J connectivity index is 1.92. The van der Waals surface area contributed by atoms with E-state index in [2.05, 4.69) is 119 Å². The largest absolute Gasteiger partial charge is 0.213 e. The van der Waals surface area contributed by atoms with E-state index < -0.39 is 0 Å². The third-order valence-electron chi connectivity index (χ3n) is 6.19. The molecule has 1 heterocycles. The van der Waals surface area contributed by atoms with Gasteiger partial charge in [-0.1, -0.05) is 60.2 Å². The number of pyridine rings is 1. The van der Waals surface area contributed by atoms with Crippen molar-refractivity contribution < 1.29 is 4.57 Å². The number of nitrogens with zero attached hydrogens (tertiary/aromatic N) is 1. The van der Waals surface area contributed by atoms with Crippen LogP contribution in [0.5, 0.6) is 0 Å². The lowest BCUT2D eigenvalue weighted by atomic mass is 9.90. The lowest BCUT2D eigenvalue weighted by Gasteiger charge is -2.15. The maximum absolute atomic E-state index is 2.35. The van der Waals surface area contributed by atoms with Crippen LogP contribution in [0.25, 0.3) is 33.5 Å². The standard InChI is InChI=1S/C29H30N/c1-19-14-15-25(21(3)16-19)26-12-9-13-27(23(26)5)29-17-28(22(4)18-30(29)6)24-11-8-7-10-20(24)2/h7-18H,1-6H3/q+1. The van der Waals surface area contributed by atoms with Crippen molar-refractivity contribution in [1.29, 1.82) is 0 Å². The minimum absolute atomic E-state index is 1.24. The maximum atomic E-state index is 2.35. The van der Waals surface area contributed by atoms with Gasteiger partial charge in [0, 0.05) is 17.2 Å². The van der Waals surface area contributed by atoms with Gasteiger partial charge in [-0.3, -0.25) is 0 Å². The van der Waals surface area contributed by atoms with Crippen molar-refractivity contribution in [1.82, 2.24) is 0 Å². The van der Waals surface area contributed by atoms with E-state index in [9.17, 15) is 0 Å². The van der Waals surface area contributed by atoms with Gasteiger partial charge in [-0.05, 0) is 79.6 Å². The smallest absolute Gasteiger partial charge is 0.201 e. The molecule has 4 rings (SSSR count). The Hall–Kier alpha value is -3.19. The molecule has 1 aromatic heterocycles. The molecule has 0 N–H and O–H groups in total. The Morgan fingerprint density at radius 3 is 1.93 bits per heavy atom. The van der Waals surface area contributed by atoms with Gasteiger partial charge in [0.25, 0.3) is 0 Å². The first-order valence-electron chi connectivity index (χ1n) is 10.6. The number of rotatable bonds is 3. The van der Waals surface area contributed by atoms with Gasteiger partial charge >= 0.3 is 0 Å². The minimum Gasteiger partial charge on any atom is -0.201 e. The molecule has 0 aliphatic carbocycles. The van der Waals surface area contributed by atoms with Crippen LogP contribution in [0.3, 0.4) is 0 Å². The number of hydrogen-bond donors (Lipinski definition) is 0. The molecule has 0 spiro atoms. The van der Waals surface area contributed by atoms with Crippen LogP contribution in [0.1, 0.15) is 27.8 Å². The highest BCUT2D eigenvalue weighted by Gasteiger charge is 2.19.